The quantitative estimate of drug-likeness (QED) is 0.219. The van der Waals surface area contributed by atoms with E-state index in [1.54, 1.807) is 0 Å². The lowest BCUT2D eigenvalue weighted by Crippen LogP contribution is -2.03. The molecule has 0 aromatic heterocycles. The van der Waals surface area contributed by atoms with Crippen LogP contribution in [0.2, 0.25) is 0 Å². The van der Waals surface area contributed by atoms with Crippen LogP contribution in [0.1, 0.15) is 78.1 Å². The second-order valence-electron chi connectivity index (χ2n) is 5.49. The first-order valence-electron chi connectivity index (χ1n) is 8.95. The number of carbonyl (C=O) groups excluding carboxylic acids is 1. The van der Waals surface area contributed by atoms with Crippen LogP contribution in [0, 0.1) is 0 Å². The molecule has 0 aliphatic heterocycles. The van der Waals surface area contributed by atoms with Gasteiger partial charge in [0.05, 0.1) is 6.61 Å². The summed E-state index contributed by atoms with van der Waals surface area (Å²) in [6, 6.07) is 0. The van der Waals surface area contributed by atoms with E-state index in [1.165, 1.54) is 38.5 Å². The molecule has 0 rings (SSSR count). The Hall–Kier alpha value is -1.31. The van der Waals surface area contributed by atoms with Crippen LogP contribution >= 0.6 is 0 Å². The van der Waals surface area contributed by atoms with Crippen molar-refractivity contribution in [2.24, 2.45) is 0 Å². The fourth-order valence-electron chi connectivity index (χ4n) is 2.09. The fourth-order valence-corrected chi connectivity index (χ4v) is 2.09. The lowest BCUT2D eigenvalue weighted by Gasteiger charge is -2.01. The van der Waals surface area contributed by atoms with E-state index in [4.69, 9.17) is 4.74 Å². The van der Waals surface area contributed by atoms with E-state index in [0.29, 0.717) is 13.0 Å². The van der Waals surface area contributed by atoms with Crippen LogP contribution < -0.4 is 0 Å². The molecule has 0 bridgehead atoms. The third-order valence-corrected chi connectivity index (χ3v) is 3.39. The Labute approximate surface area is 137 Å². The molecule has 0 aromatic rings. The molecule has 0 atom stereocenters. The zero-order valence-electron chi connectivity index (χ0n) is 14.6. The molecule has 0 radical (unpaired) electrons. The van der Waals surface area contributed by atoms with Gasteiger partial charge in [-0.3, -0.25) is 4.79 Å². The third-order valence-electron chi connectivity index (χ3n) is 3.39. The molecule has 2 heteroatoms. The Morgan fingerprint density at radius 1 is 0.773 bits per heavy atom. The van der Waals surface area contributed by atoms with Crippen LogP contribution in [0.3, 0.4) is 0 Å². The summed E-state index contributed by atoms with van der Waals surface area (Å²) in [5.74, 6) is -0.0547. The smallest absolute Gasteiger partial charge is 0.305 e. The summed E-state index contributed by atoms with van der Waals surface area (Å²) in [7, 11) is 0. The van der Waals surface area contributed by atoms with Gasteiger partial charge >= 0.3 is 5.97 Å². The minimum Gasteiger partial charge on any atom is -0.466 e. The predicted octanol–water partition coefficient (Wildman–Crippen LogP) is 6.14. The lowest BCUT2D eigenvalue weighted by atomic mass is 10.1. The molecule has 0 aliphatic rings. The molecule has 22 heavy (non-hydrogen) atoms. The minimum atomic E-state index is -0.0547. The predicted molar refractivity (Wildman–Crippen MR) is 95.9 cm³/mol. The SMILES string of the molecule is CCCCC=CC=CC=CCCCCCCCC(=O)OCC. The maximum Gasteiger partial charge on any atom is 0.305 e. The molecular formula is C20H34O2. The Kier molecular flexibility index (Phi) is 16.7. The van der Waals surface area contributed by atoms with Crippen molar-refractivity contribution < 1.29 is 9.53 Å². The molecule has 0 unspecified atom stereocenters. The summed E-state index contributed by atoms with van der Waals surface area (Å²) >= 11 is 0. The molecular weight excluding hydrogens is 272 g/mol. The summed E-state index contributed by atoms with van der Waals surface area (Å²) in [6.07, 6.45) is 24.1. The highest BCUT2D eigenvalue weighted by Gasteiger charge is 2.00. The van der Waals surface area contributed by atoms with Gasteiger partial charge in [0.2, 0.25) is 0 Å². The Balaban J connectivity index is 3.31. The van der Waals surface area contributed by atoms with Crippen molar-refractivity contribution in [1.29, 1.82) is 0 Å². The number of esters is 1. The summed E-state index contributed by atoms with van der Waals surface area (Å²) in [6.45, 7) is 4.56. The number of ether oxygens (including phenoxy) is 1. The molecule has 126 valence electrons. The average Bonchev–Trinajstić information content (AvgIpc) is 2.51. The number of hydrogen-bond donors (Lipinski definition) is 0. The highest BCUT2D eigenvalue weighted by atomic mass is 16.5. The van der Waals surface area contributed by atoms with Gasteiger partial charge in [-0.25, -0.2) is 0 Å². The van der Waals surface area contributed by atoms with Crippen LogP contribution in [-0.2, 0) is 9.53 Å². The summed E-state index contributed by atoms with van der Waals surface area (Å²) in [5.41, 5.74) is 0. The van der Waals surface area contributed by atoms with Gasteiger partial charge in [-0.05, 0) is 32.6 Å². The van der Waals surface area contributed by atoms with E-state index in [2.05, 4.69) is 43.4 Å². The largest absolute Gasteiger partial charge is 0.466 e. The molecule has 0 N–H and O–H groups in total. The molecule has 0 fully saturated rings. The summed E-state index contributed by atoms with van der Waals surface area (Å²) < 4.78 is 4.90. The summed E-state index contributed by atoms with van der Waals surface area (Å²) in [5, 5.41) is 0. The van der Waals surface area contributed by atoms with Gasteiger partial charge in [0.15, 0.2) is 0 Å². The molecule has 0 saturated carbocycles. The summed E-state index contributed by atoms with van der Waals surface area (Å²) in [4.78, 5) is 11.1. The molecule has 0 aromatic carbocycles. The van der Waals surface area contributed by atoms with Crippen LogP contribution in [0.5, 0.6) is 0 Å². The van der Waals surface area contributed by atoms with Crippen molar-refractivity contribution in [2.75, 3.05) is 6.61 Å². The van der Waals surface area contributed by atoms with Crippen molar-refractivity contribution in [2.45, 2.75) is 78.1 Å². The van der Waals surface area contributed by atoms with Crippen LogP contribution in [0.15, 0.2) is 36.5 Å². The fraction of sp³-hybridized carbons (Fsp3) is 0.650. The van der Waals surface area contributed by atoms with E-state index in [-0.39, 0.29) is 5.97 Å². The van der Waals surface area contributed by atoms with Crippen LogP contribution in [0.4, 0.5) is 0 Å². The van der Waals surface area contributed by atoms with Crippen LogP contribution in [0.25, 0.3) is 0 Å². The van der Waals surface area contributed by atoms with E-state index in [9.17, 15) is 4.79 Å². The van der Waals surface area contributed by atoms with Gasteiger partial charge in [-0.15, -0.1) is 0 Å². The maximum absolute atomic E-state index is 11.1. The molecule has 0 aliphatic carbocycles. The lowest BCUT2D eigenvalue weighted by molar-refractivity contribution is -0.143. The van der Waals surface area contributed by atoms with Gasteiger partial charge in [0, 0.05) is 6.42 Å². The number of allylic oxidation sites excluding steroid dienone is 6. The van der Waals surface area contributed by atoms with Crippen molar-refractivity contribution in [3.05, 3.63) is 36.5 Å². The zero-order valence-corrected chi connectivity index (χ0v) is 14.6. The van der Waals surface area contributed by atoms with Crippen LogP contribution in [-0.4, -0.2) is 12.6 Å². The van der Waals surface area contributed by atoms with Crippen molar-refractivity contribution in [1.82, 2.24) is 0 Å². The second-order valence-corrected chi connectivity index (χ2v) is 5.49. The molecule has 2 nitrogen and oxygen atoms in total. The number of unbranched alkanes of at least 4 members (excludes halogenated alkanes) is 7. The first-order valence-corrected chi connectivity index (χ1v) is 8.95. The number of carbonyl (C=O) groups is 1. The topological polar surface area (TPSA) is 26.3 Å². The van der Waals surface area contributed by atoms with Crippen molar-refractivity contribution >= 4 is 5.97 Å². The van der Waals surface area contributed by atoms with Gasteiger partial charge in [-0.2, -0.15) is 0 Å². The van der Waals surface area contributed by atoms with E-state index in [0.717, 1.165) is 19.3 Å². The molecule has 0 saturated heterocycles. The monoisotopic (exact) mass is 306 g/mol. The molecule has 0 amide bonds. The first kappa shape index (κ1) is 20.7. The molecule has 0 heterocycles. The Morgan fingerprint density at radius 2 is 1.36 bits per heavy atom. The normalized spacial score (nSPS) is 11.9. The zero-order chi connectivity index (χ0) is 16.3. The number of hydrogen-bond acceptors (Lipinski definition) is 2. The van der Waals surface area contributed by atoms with Crippen molar-refractivity contribution in [3.8, 4) is 0 Å². The Bertz CT molecular complexity index is 327. The third kappa shape index (κ3) is 16.7. The standard InChI is InChI=1S/C20H34O2/c1-3-5-6-7-8-9-10-11-12-13-14-15-16-17-18-19-20(21)22-4-2/h7-12H,3-6,13-19H2,1-2H3. The van der Waals surface area contributed by atoms with Gasteiger partial charge < -0.3 is 4.74 Å². The average molecular weight is 306 g/mol. The van der Waals surface area contributed by atoms with E-state index in [1.807, 2.05) is 6.92 Å². The van der Waals surface area contributed by atoms with Gasteiger partial charge in [0.25, 0.3) is 0 Å². The molecule has 0 spiro atoms. The van der Waals surface area contributed by atoms with Gasteiger partial charge in [-0.1, -0.05) is 75.5 Å². The van der Waals surface area contributed by atoms with E-state index >= 15 is 0 Å². The maximum atomic E-state index is 11.1. The second kappa shape index (κ2) is 17.7. The van der Waals surface area contributed by atoms with E-state index < -0.39 is 0 Å². The highest BCUT2D eigenvalue weighted by molar-refractivity contribution is 5.69. The Morgan fingerprint density at radius 3 is 2.00 bits per heavy atom. The van der Waals surface area contributed by atoms with Crippen molar-refractivity contribution in [3.63, 3.8) is 0 Å². The first-order chi connectivity index (χ1) is 10.8. The number of rotatable bonds is 14. The highest BCUT2D eigenvalue weighted by Crippen LogP contribution is 2.08. The van der Waals surface area contributed by atoms with Gasteiger partial charge in [0.1, 0.15) is 0 Å². The minimum absolute atomic E-state index is 0.0547.